The van der Waals surface area contributed by atoms with Gasteiger partial charge in [-0.3, -0.25) is 0 Å². The maximum absolute atomic E-state index is 13.6. The SMILES string of the molecule is CNC(Cc1cc(Br)ccc1F)C(OC)OC. The maximum atomic E-state index is 13.6. The monoisotopic (exact) mass is 305 g/mol. The zero-order valence-electron chi connectivity index (χ0n) is 10.2. The average Bonchev–Trinajstić information content (AvgIpc) is 2.33. The van der Waals surface area contributed by atoms with Crippen molar-refractivity contribution in [3.8, 4) is 0 Å². The molecule has 1 aromatic rings. The van der Waals surface area contributed by atoms with E-state index in [0.717, 1.165) is 4.47 Å². The Kier molecular flexibility index (Phi) is 6.05. The molecule has 3 nitrogen and oxygen atoms in total. The van der Waals surface area contributed by atoms with Crippen LogP contribution in [0.25, 0.3) is 0 Å². The number of hydrogen-bond donors (Lipinski definition) is 1. The largest absolute Gasteiger partial charge is 0.354 e. The Hall–Kier alpha value is -0.490. The summed E-state index contributed by atoms with van der Waals surface area (Å²) < 4.78 is 24.8. The summed E-state index contributed by atoms with van der Waals surface area (Å²) >= 11 is 3.33. The van der Waals surface area contributed by atoms with E-state index < -0.39 is 6.29 Å². The van der Waals surface area contributed by atoms with E-state index in [1.54, 1.807) is 33.4 Å². The molecule has 0 bridgehead atoms. The fraction of sp³-hybridized carbons (Fsp3) is 0.500. The highest BCUT2D eigenvalue weighted by Gasteiger charge is 2.20. The van der Waals surface area contributed by atoms with Gasteiger partial charge >= 0.3 is 0 Å². The zero-order valence-corrected chi connectivity index (χ0v) is 11.8. The van der Waals surface area contributed by atoms with E-state index >= 15 is 0 Å². The number of hydrogen-bond acceptors (Lipinski definition) is 3. The molecule has 0 spiro atoms. The van der Waals surface area contributed by atoms with E-state index in [0.29, 0.717) is 12.0 Å². The second-order valence-corrected chi connectivity index (χ2v) is 4.59. The Bertz CT molecular complexity index is 358. The van der Waals surface area contributed by atoms with Gasteiger partial charge in [0.15, 0.2) is 6.29 Å². The number of ether oxygens (including phenoxy) is 2. The standard InChI is InChI=1S/C12H17BrFNO2/c1-15-11(12(16-2)17-3)7-8-6-9(13)4-5-10(8)14/h4-6,11-12,15H,7H2,1-3H3. The van der Waals surface area contributed by atoms with Crippen LogP contribution < -0.4 is 5.32 Å². The topological polar surface area (TPSA) is 30.5 Å². The minimum absolute atomic E-state index is 0.103. The highest BCUT2D eigenvalue weighted by molar-refractivity contribution is 9.10. The summed E-state index contributed by atoms with van der Waals surface area (Å²) in [5.74, 6) is -0.223. The average molecular weight is 306 g/mol. The van der Waals surface area contributed by atoms with Gasteiger partial charge in [0.2, 0.25) is 0 Å². The molecule has 0 saturated heterocycles. The van der Waals surface area contributed by atoms with Gasteiger partial charge in [-0.2, -0.15) is 0 Å². The molecule has 1 rings (SSSR count). The summed E-state index contributed by atoms with van der Waals surface area (Å²) in [5.41, 5.74) is 0.623. The van der Waals surface area contributed by atoms with Gasteiger partial charge in [-0.15, -0.1) is 0 Å². The van der Waals surface area contributed by atoms with Crippen molar-refractivity contribution in [2.24, 2.45) is 0 Å². The van der Waals surface area contributed by atoms with Crippen molar-refractivity contribution in [3.63, 3.8) is 0 Å². The second-order valence-electron chi connectivity index (χ2n) is 3.67. The molecule has 1 N–H and O–H groups in total. The van der Waals surface area contributed by atoms with Crippen molar-refractivity contribution in [2.75, 3.05) is 21.3 Å². The highest BCUT2D eigenvalue weighted by Crippen LogP contribution is 2.18. The fourth-order valence-corrected chi connectivity index (χ4v) is 2.10. The smallest absolute Gasteiger partial charge is 0.172 e. The Labute approximate surface area is 109 Å². The lowest BCUT2D eigenvalue weighted by Gasteiger charge is -2.24. The Morgan fingerprint density at radius 2 is 2.00 bits per heavy atom. The van der Waals surface area contributed by atoms with Crippen molar-refractivity contribution in [1.82, 2.24) is 5.32 Å². The van der Waals surface area contributed by atoms with E-state index in [1.165, 1.54) is 6.07 Å². The number of benzene rings is 1. The van der Waals surface area contributed by atoms with Crippen LogP contribution in [0.5, 0.6) is 0 Å². The molecule has 1 atom stereocenters. The van der Waals surface area contributed by atoms with Gasteiger partial charge in [-0.05, 0) is 37.2 Å². The minimum Gasteiger partial charge on any atom is -0.354 e. The summed E-state index contributed by atoms with van der Waals surface area (Å²) in [4.78, 5) is 0. The summed E-state index contributed by atoms with van der Waals surface area (Å²) in [6.45, 7) is 0. The van der Waals surface area contributed by atoms with E-state index in [4.69, 9.17) is 9.47 Å². The number of likely N-dealkylation sites (N-methyl/N-ethyl adjacent to an activating group) is 1. The highest BCUT2D eigenvalue weighted by atomic mass is 79.9. The normalized spacial score (nSPS) is 13.1. The Morgan fingerprint density at radius 3 is 2.53 bits per heavy atom. The van der Waals surface area contributed by atoms with Crippen LogP contribution in [0.1, 0.15) is 5.56 Å². The summed E-state index contributed by atoms with van der Waals surface area (Å²) in [6.07, 6.45) is 0.0899. The predicted octanol–water partition coefficient (Wildman–Crippen LogP) is 2.34. The van der Waals surface area contributed by atoms with E-state index in [1.807, 2.05) is 0 Å². The van der Waals surface area contributed by atoms with Gasteiger partial charge < -0.3 is 14.8 Å². The van der Waals surface area contributed by atoms with Crippen LogP contribution in [0.3, 0.4) is 0 Å². The van der Waals surface area contributed by atoms with E-state index in [9.17, 15) is 4.39 Å². The molecular formula is C12H17BrFNO2. The molecule has 0 aromatic heterocycles. The molecule has 0 fully saturated rings. The molecular weight excluding hydrogens is 289 g/mol. The van der Waals surface area contributed by atoms with Crippen LogP contribution in [0.15, 0.2) is 22.7 Å². The van der Waals surface area contributed by atoms with Crippen LogP contribution in [-0.4, -0.2) is 33.6 Å². The second kappa shape index (κ2) is 7.06. The number of rotatable bonds is 6. The third kappa shape index (κ3) is 4.03. The van der Waals surface area contributed by atoms with Crippen molar-refractivity contribution in [2.45, 2.75) is 18.8 Å². The maximum Gasteiger partial charge on any atom is 0.172 e. The molecule has 1 unspecified atom stereocenters. The van der Waals surface area contributed by atoms with Gasteiger partial charge in [0.05, 0.1) is 6.04 Å². The van der Waals surface area contributed by atoms with Crippen molar-refractivity contribution in [3.05, 3.63) is 34.1 Å². The summed E-state index contributed by atoms with van der Waals surface area (Å²) in [7, 11) is 4.93. The van der Waals surface area contributed by atoms with E-state index in [2.05, 4.69) is 21.2 Å². The number of halogens is 2. The molecule has 5 heteroatoms. The molecule has 17 heavy (non-hydrogen) atoms. The van der Waals surface area contributed by atoms with Crippen molar-refractivity contribution in [1.29, 1.82) is 0 Å². The number of nitrogens with one attached hydrogen (secondary N) is 1. The van der Waals surface area contributed by atoms with Gasteiger partial charge in [0.1, 0.15) is 5.82 Å². The predicted molar refractivity (Wildman–Crippen MR) is 68.5 cm³/mol. The first-order valence-corrected chi connectivity index (χ1v) is 6.08. The molecule has 0 aliphatic carbocycles. The molecule has 0 radical (unpaired) electrons. The Morgan fingerprint density at radius 1 is 1.35 bits per heavy atom. The molecule has 0 heterocycles. The van der Waals surface area contributed by atoms with Crippen LogP contribution in [0.4, 0.5) is 4.39 Å². The minimum atomic E-state index is -0.404. The third-order valence-electron chi connectivity index (χ3n) is 2.61. The van der Waals surface area contributed by atoms with Gasteiger partial charge in [-0.1, -0.05) is 15.9 Å². The van der Waals surface area contributed by atoms with Crippen LogP contribution in [0, 0.1) is 5.82 Å². The third-order valence-corrected chi connectivity index (χ3v) is 3.10. The number of methoxy groups -OCH3 is 2. The first kappa shape index (κ1) is 14.6. The first-order valence-electron chi connectivity index (χ1n) is 5.29. The van der Waals surface area contributed by atoms with Crippen LogP contribution in [0.2, 0.25) is 0 Å². The lowest BCUT2D eigenvalue weighted by Crippen LogP contribution is -2.41. The molecule has 0 saturated carbocycles. The van der Waals surface area contributed by atoms with Gasteiger partial charge in [0.25, 0.3) is 0 Å². The van der Waals surface area contributed by atoms with Crippen LogP contribution >= 0.6 is 15.9 Å². The lowest BCUT2D eigenvalue weighted by molar-refractivity contribution is -0.121. The van der Waals surface area contributed by atoms with Gasteiger partial charge in [0, 0.05) is 18.7 Å². The zero-order chi connectivity index (χ0) is 12.8. The first-order chi connectivity index (χ1) is 8.12. The fourth-order valence-electron chi connectivity index (χ4n) is 1.70. The lowest BCUT2D eigenvalue weighted by atomic mass is 10.1. The van der Waals surface area contributed by atoms with Crippen LogP contribution in [-0.2, 0) is 15.9 Å². The van der Waals surface area contributed by atoms with Crippen molar-refractivity contribution >= 4 is 15.9 Å². The molecule has 96 valence electrons. The Balaban J connectivity index is 2.83. The molecule has 0 amide bonds. The van der Waals surface area contributed by atoms with E-state index in [-0.39, 0.29) is 11.9 Å². The summed E-state index contributed by atoms with van der Waals surface area (Å²) in [5, 5.41) is 3.07. The van der Waals surface area contributed by atoms with Crippen molar-refractivity contribution < 1.29 is 13.9 Å². The van der Waals surface area contributed by atoms with Gasteiger partial charge in [-0.25, -0.2) is 4.39 Å². The summed E-state index contributed by atoms with van der Waals surface area (Å²) in [6, 6.07) is 4.79. The molecule has 0 aliphatic heterocycles. The molecule has 1 aromatic carbocycles. The quantitative estimate of drug-likeness (QED) is 0.818. The molecule has 0 aliphatic rings.